The minimum absolute atomic E-state index is 0.105. The summed E-state index contributed by atoms with van der Waals surface area (Å²) in [5, 5.41) is 2.30. The summed E-state index contributed by atoms with van der Waals surface area (Å²) in [6.45, 7) is 2.17. The molecule has 2 saturated heterocycles. The fourth-order valence-electron chi connectivity index (χ4n) is 6.17. The number of imide groups is 1. The van der Waals surface area contributed by atoms with Gasteiger partial charge in [0.05, 0.1) is 0 Å². The van der Waals surface area contributed by atoms with Crippen LogP contribution in [0.1, 0.15) is 65.9 Å². The predicted octanol–water partition coefficient (Wildman–Crippen LogP) is 3.38. The largest absolute Gasteiger partial charge is 0.486 e. The topological polar surface area (TPSA) is 79.0 Å². The maximum atomic E-state index is 15.1. The van der Waals surface area contributed by atoms with Crippen molar-refractivity contribution in [3.63, 3.8) is 0 Å². The van der Waals surface area contributed by atoms with Crippen molar-refractivity contribution in [1.82, 2.24) is 15.1 Å². The number of carbonyl (C=O) groups excluding carboxylic acids is 3. The van der Waals surface area contributed by atoms with Crippen LogP contribution in [0.3, 0.4) is 0 Å². The number of hydrogen-bond acceptors (Lipinski definition) is 5. The Morgan fingerprint density at radius 1 is 0.972 bits per heavy atom. The highest BCUT2D eigenvalue weighted by molar-refractivity contribution is 6.05. The van der Waals surface area contributed by atoms with E-state index in [0.29, 0.717) is 11.5 Å². The van der Waals surface area contributed by atoms with E-state index in [2.05, 4.69) is 34.5 Å². The molecule has 6 rings (SSSR count). The van der Waals surface area contributed by atoms with Gasteiger partial charge in [-0.05, 0) is 48.9 Å². The van der Waals surface area contributed by atoms with Crippen LogP contribution in [0.25, 0.3) is 0 Å². The molecule has 3 amide bonds. The summed E-state index contributed by atoms with van der Waals surface area (Å²) in [6.07, 6.45) is 4.44. The quantitative estimate of drug-likeness (QED) is 0.649. The minimum Gasteiger partial charge on any atom is -0.486 e. The van der Waals surface area contributed by atoms with Gasteiger partial charge in [-0.15, -0.1) is 0 Å². The van der Waals surface area contributed by atoms with Crippen molar-refractivity contribution in [3.05, 3.63) is 65.0 Å². The third kappa shape index (κ3) is 4.17. The van der Waals surface area contributed by atoms with Crippen molar-refractivity contribution in [3.8, 4) is 5.75 Å². The van der Waals surface area contributed by atoms with Crippen molar-refractivity contribution < 1.29 is 23.5 Å². The summed E-state index contributed by atoms with van der Waals surface area (Å²) in [5.74, 6) is -1.05. The molecular weight excluding hydrogens is 461 g/mol. The van der Waals surface area contributed by atoms with Crippen molar-refractivity contribution >= 4 is 17.7 Å². The highest BCUT2D eigenvalue weighted by atomic mass is 19.1. The molecule has 3 heterocycles. The molecule has 0 spiro atoms. The van der Waals surface area contributed by atoms with Crippen molar-refractivity contribution in [2.45, 2.75) is 69.2 Å². The number of likely N-dealkylation sites (tertiary alicyclic amines) is 1. The van der Waals surface area contributed by atoms with Crippen LogP contribution >= 0.6 is 0 Å². The molecule has 2 aromatic carbocycles. The molecule has 7 nitrogen and oxygen atoms in total. The van der Waals surface area contributed by atoms with E-state index in [9.17, 15) is 14.4 Å². The summed E-state index contributed by atoms with van der Waals surface area (Å²) in [4.78, 5) is 40.7. The van der Waals surface area contributed by atoms with E-state index in [1.54, 1.807) is 6.07 Å². The average Bonchev–Trinajstić information content (AvgIpc) is 3.15. The van der Waals surface area contributed by atoms with Crippen LogP contribution in [0.4, 0.5) is 4.39 Å². The Bertz CT molecular complexity index is 1200. The lowest BCUT2D eigenvalue weighted by molar-refractivity contribution is -0.136. The van der Waals surface area contributed by atoms with Crippen LogP contribution in [0.15, 0.2) is 42.5 Å². The second-order valence-corrected chi connectivity index (χ2v) is 10.4. The molecule has 0 radical (unpaired) electrons. The van der Waals surface area contributed by atoms with Gasteiger partial charge in [0, 0.05) is 43.6 Å². The van der Waals surface area contributed by atoms with Gasteiger partial charge in [-0.1, -0.05) is 36.8 Å². The Morgan fingerprint density at radius 2 is 1.75 bits per heavy atom. The van der Waals surface area contributed by atoms with Crippen molar-refractivity contribution in [2.24, 2.45) is 0 Å². The van der Waals surface area contributed by atoms with E-state index in [4.69, 9.17) is 4.74 Å². The van der Waals surface area contributed by atoms with Crippen LogP contribution in [0, 0.1) is 5.82 Å². The number of nitrogens with zero attached hydrogens (tertiary/aromatic N) is 2. The van der Waals surface area contributed by atoms with E-state index < -0.39 is 17.8 Å². The number of ether oxygens (including phenoxy) is 1. The molecule has 3 fully saturated rings. The third-order valence-corrected chi connectivity index (χ3v) is 8.17. The van der Waals surface area contributed by atoms with Gasteiger partial charge < -0.3 is 9.64 Å². The Labute approximate surface area is 209 Å². The number of halogens is 1. The Kier molecular flexibility index (Phi) is 5.99. The first kappa shape index (κ1) is 23.2. The lowest BCUT2D eigenvalue weighted by atomic mass is 9.84. The first-order chi connectivity index (χ1) is 17.5. The summed E-state index contributed by atoms with van der Waals surface area (Å²) in [6, 6.07) is 12.9. The Hall–Kier alpha value is -3.26. The molecule has 0 aromatic heterocycles. The fraction of sp³-hybridized carbons (Fsp3) is 0.464. The Balaban J connectivity index is 1.15. The summed E-state index contributed by atoms with van der Waals surface area (Å²) in [5.41, 5.74) is 2.27. The molecule has 188 valence electrons. The number of carbonyl (C=O) groups is 3. The smallest absolute Gasteiger partial charge is 0.255 e. The molecule has 1 saturated carbocycles. The molecule has 1 N–H and O–H groups in total. The van der Waals surface area contributed by atoms with Crippen LogP contribution in [-0.2, 0) is 16.1 Å². The van der Waals surface area contributed by atoms with Crippen molar-refractivity contribution in [2.75, 3.05) is 13.1 Å². The zero-order valence-corrected chi connectivity index (χ0v) is 20.1. The van der Waals surface area contributed by atoms with E-state index in [1.807, 2.05) is 6.07 Å². The van der Waals surface area contributed by atoms with Crippen molar-refractivity contribution in [1.29, 1.82) is 0 Å². The van der Waals surface area contributed by atoms with Crippen LogP contribution < -0.4 is 10.1 Å². The number of nitrogens with one attached hydrogen (secondary N) is 1. The standard InChI is InChI=1S/C28H30FN3O4/c29-21-13-20-18(16-32(28(20)35)23-10-11-26(33)30-27(23)34)12-25(21)36-24-9-5-4-8-22(24)31-14-19(15-31)17-6-2-1-3-7-17/h1-3,6-7,12-13,19,22-24H,4-5,8-11,14-16H2,(H,30,33,34)/t22-,23-,24+/m1/s1. The summed E-state index contributed by atoms with van der Waals surface area (Å²) >= 11 is 0. The van der Waals surface area contributed by atoms with Gasteiger partial charge in [-0.3, -0.25) is 24.6 Å². The predicted molar refractivity (Wildman–Crippen MR) is 130 cm³/mol. The normalized spacial score (nSPS) is 27.0. The highest BCUT2D eigenvalue weighted by Gasteiger charge is 2.41. The fourth-order valence-corrected chi connectivity index (χ4v) is 6.17. The zero-order valence-electron chi connectivity index (χ0n) is 20.1. The van der Waals surface area contributed by atoms with Gasteiger partial charge >= 0.3 is 0 Å². The number of fused-ring (bicyclic) bond motifs is 1. The second-order valence-electron chi connectivity index (χ2n) is 10.4. The molecule has 8 heteroatoms. The lowest BCUT2D eigenvalue weighted by Gasteiger charge is -2.48. The first-order valence-corrected chi connectivity index (χ1v) is 12.9. The molecule has 2 aromatic rings. The molecule has 1 aliphatic carbocycles. The molecule has 3 atom stereocenters. The van der Waals surface area contributed by atoms with Gasteiger partial charge in [0.15, 0.2) is 11.6 Å². The molecule has 0 bridgehead atoms. The number of rotatable bonds is 5. The minimum atomic E-state index is -0.721. The number of hydrogen-bond donors (Lipinski definition) is 1. The van der Waals surface area contributed by atoms with Crippen LogP contribution in [-0.4, -0.2) is 58.8 Å². The maximum Gasteiger partial charge on any atom is 0.255 e. The zero-order chi connectivity index (χ0) is 24.8. The third-order valence-electron chi connectivity index (χ3n) is 8.17. The maximum absolute atomic E-state index is 15.1. The first-order valence-electron chi connectivity index (χ1n) is 12.9. The number of piperidine rings is 1. The van der Waals surface area contributed by atoms with E-state index in [1.165, 1.54) is 16.5 Å². The SMILES string of the molecule is O=C1CC[C@@H](N2Cc3cc(O[C@H]4CCCC[C@H]4N4CC(c5ccccc5)C4)c(F)cc3C2=O)C(=O)N1. The number of benzene rings is 2. The summed E-state index contributed by atoms with van der Waals surface area (Å²) in [7, 11) is 0. The van der Waals surface area contributed by atoms with Crippen LogP contribution in [0.2, 0.25) is 0 Å². The van der Waals surface area contributed by atoms with E-state index in [-0.39, 0.29) is 54.7 Å². The summed E-state index contributed by atoms with van der Waals surface area (Å²) < 4.78 is 21.4. The monoisotopic (exact) mass is 491 g/mol. The molecular formula is C28H30FN3O4. The average molecular weight is 492 g/mol. The molecule has 0 unspecified atom stereocenters. The highest BCUT2D eigenvalue weighted by Crippen LogP contribution is 2.37. The van der Waals surface area contributed by atoms with E-state index in [0.717, 1.165) is 38.8 Å². The second kappa shape index (κ2) is 9.32. The van der Waals surface area contributed by atoms with Gasteiger partial charge in [-0.2, -0.15) is 0 Å². The number of amides is 3. The van der Waals surface area contributed by atoms with Crippen LogP contribution in [0.5, 0.6) is 5.75 Å². The molecule has 3 aliphatic heterocycles. The molecule has 36 heavy (non-hydrogen) atoms. The molecule has 4 aliphatic rings. The van der Waals surface area contributed by atoms with Gasteiger partial charge in [-0.25, -0.2) is 4.39 Å². The van der Waals surface area contributed by atoms with Gasteiger partial charge in [0.2, 0.25) is 11.8 Å². The lowest BCUT2D eigenvalue weighted by Crippen LogP contribution is -2.57. The Morgan fingerprint density at radius 3 is 2.53 bits per heavy atom. The van der Waals surface area contributed by atoms with Gasteiger partial charge in [0.1, 0.15) is 12.1 Å². The van der Waals surface area contributed by atoms with E-state index >= 15 is 4.39 Å². The van der Waals surface area contributed by atoms with Gasteiger partial charge in [0.25, 0.3) is 5.91 Å².